The summed E-state index contributed by atoms with van der Waals surface area (Å²) >= 11 is 0. The third-order valence-electron chi connectivity index (χ3n) is 13.8. The summed E-state index contributed by atoms with van der Waals surface area (Å²) < 4.78 is 11.6. The molecule has 1 aliphatic heterocycles. The van der Waals surface area contributed by atoms with E-state index in [0.717, 1.165) is 101 Å². The topological polar surface area (TPSA) is 148 Å². The van der Waals surface area contributed by atoms with Crippen LogP contribution in [0.25, 0.3) is 0 Å². The second-order valence-corrected chi connectivity index (χ2v) is 17.8. The second-order valence-electron chi connectivity index (χ2n) is 17.8. The molecule has 2 aromatic heterocycles. The Kier molecular flexibility index (Phi) is 8.94. The maximum atomic E-state index is 13.4. The highest BCUT2D eigenvalue weighted by Crippen LogP contribution is 2.50. The largest absolute Gasteiger partial charge is 0.339 e. The molecule has 54 heavy (non-hydrogen) atoms. The number of amides is 1. The number of likely N-dealkylation sites (tertiary alicyclic amines) is 1. The average Bonchev–Trinajstić information content (AvgIpc) is 4.08. The first-order chi connectivity index (χ1) is 26.4. The highest BCUT2D eigenvalue weighted by atomic mass is 16.5. The Hall–Kier alpha value is -3.93. The lowest BCUT2D eigenvalue weighted by Gasteiger charge is -2.30. The van der Waals surface area contributed by atoms with E-state index in [1.54, 1.807) is 0 Å². The first kappa shape index (κ1) is 34.6. The van der Waals surface area contributed by atoms with Gasteiger partial charge in [-0.2, -0.15) is 9.97 Å². The molecule has 0 bridgehead atoms. The van der Waals surface area contributed by atoms with Crippen molar-refractivity contribution in [2.75, 3.05) is 19.6 Å². The molecular formula is C43H54N8O3. The number of carbonyl (C=O) groups excluding carboxylic acids is 1. The maximum absolute atomic E-state index is 13.4. The quantitative estimate of drug-likeness (QED) is 0.138. The van der Waals surface area contributed by atoms with Gasteiger partial charge in [-0.15, -0.1) is 0 Å². The standard InChI is InChI=1S/C43H54N8O3/c44-32-11-9-27(10-12-32)20-37-47-40(49-53-37)42(14-15-42)25-46-36-23-34(36)30-8-4-5-28(19-30)24-51-18-13-31(21-38(51)52)39-48-41(50-54-39)43(16-17-43)26-45-35-22-33(35)29-6-2-1-3-7-29/h1-8,19,27,31-36,45-46H,9-18,20-26,44H2/t27-,31?,32-,33?,34?,35-,36-/m0/s1. The molecule has 5 aliphatic carbocycles. The Morgan fingerprint density at radius 2 is 1.44 bits per heavy atom. The van der Waals surface area contributed by atoms with Crippen molar-refractivity contribution in [3.8, 4) is 0 Å². The summed E-state index contributed by atoms with van der Waals surface area (Å²) in [6.07, 6.45) is 13.3. The zero-order valence-electron chi connectivity index (χ0n) is 31.3. The zero-order chi connectivity index (χ0) is 36.3. The normalized spacial score (nSPS) is 30.6. The van der Waals surface area contributed by atoms with Crippen molar-refractivity contribution in [2.24, 2.45) is 11.7 Å². The summed E-state index contributed by atoms with van der Waals surface area (Å²) in [5, 5.41) is 16.5. The van der Waals surface area contributed by atoms with Crippen LogP contribution in [0.5, 0.6) is 0 Å². The Balaban J connectivity index is 0.684. The summed E-state index contributed by atoms with van der Waals surface area (Å²) in [6, 6.07) is 21.0. The fraction of sp³-hybridized carbons (Fsp3) is 0.605. The van der Waals surface area contributed by atoms with Crippen LogP contribution in [-0.2, 0) is 28.6 Å². The molecule has 0 spiro atoms. The summed E-state index contributed by atoms with van der Waals surface area (Å²) in [6.45, 7) is 3.11. The van der Waals surface area contributed by atoms with Gasteiger partial charge in [-0.25, -0.2) is 0 Å². The van der Waals surface area contributed by atoms with Crippen molar-refractivity contribution in [1.29, 1.82) is 0 Å². The number of aromatic nitrogens is 4. The Labute approximate surface area is 317 Å². The van der Waals surface area contributed by atoms with Crippen LogP contribution in [-0.4, -0.2) is 68.8 Å². The number of nitrogens with two attached hydrogens (primary N) is 1. The molecule has 3 heterocycles. The number of hydrogen-bond acceptors (Lipinski definition) is 10. The van der Waals surface area contributed by atoms with Gasteiger partial charge in [0.1, 0.15) is 0 Å². The molecule has 284 valence electrons. The van der Waals surface area contributed by atoms with E-state index in [1.807, 2.05) is 4.90 Å². The Morgan fingerprint density at radius 1 is 0.778 bits per heavy atom. The number of nitrogens with one attached hydrogen (secondary N) is 2. The fourth-order valence-electron chi connectivity index (χ4n) is 9.40. The number of hydrogen-bond donors (Lipinski definition) is 3. The molecule has 1 saturated heterocycles. The highest BCUT2D eigenvalue weighted by molar-refractivity contribution is 5.77. The summed E-state index contributed by atoms with van der Waals surface area (Å²) in [4.78, 5) is 25.2. The van der Waals surface area contributed by atoms with Crippen LogP contribution in [0.2, 0.25) is 0 Å². The molecular weight excluding hydrogens is 677 g/mol. The molecule has 11 nitrogen and oxygen atoms in total. The van der Waals surface area contributed by atoms with Crippen molar-refractivity contribution in [2.45, 2.75) is 137 Å². The molecule has 6 fully saturated rings. The third kappa shape index (κ3) is 7.27. The lowest BCUT2D eigenvalue weighted by atomic mass is 9.84. The molecule has 6 aliphatic rings. The maximum Gasteiger partial charge on any atom is 0.230 e. The lowest BCUT2D eigenvalue weighted by molar-refractivity contribution is -0.134. The van der Waals surface area contributed by atoms with Gasteiger partial charge in [-0.3, -0.25) is 4.79 Å². The van der Waals surface area contributed by atoms with E-state index in [-0.39, 0.29) is 22.7 Å². The molecule has 5 saturated carbocycles. The number of nitrogens with zero attached hydrogens (tertiary/aromatic N) is 5. The van der Waals surface area contributed by atoms with E-state index in [1.165, 1.54) is 23.1 Å². The predicted octanol–water partition coefficient (Wildman–Crippen LogP) is 5.77. The van der Waals surface area contributed by atoms with Gasteiger partial charge < -0.3 is 30.3 Å². The monoisotopic (exact) mass is 730 g/mol. The third-order valence-corrected chi connectivity index (χ3v) is 13.8. The van der Waals surface area contributed by atoms with Crippen LogP contribution in [0.3, 0.4) is 0 Å². The van der Waals surface area contributed by atoms with Gasteiger partial charge in [0, 0.05) is 85.7 Å². The summed E-state index contributed by atoms with van der Waals surface area (Å²) in [5.74, 6) is 4.97. The number of rotatable bonds is 15. The van der Waals surface area contributed by atoms with Crippen molar-refractivity contribution in [3.05, 3.63) is 94.7 Å². The van der Waals surface area contributed by atoms with Crippen molar-refractivity contribution in [3.63, 3.8) is 0 Å². The minimum Gasteiger partial charge on any atom is -0.339 e. The van der Waals surface area contributed by atoms with Gasteiger partial charge in [0.2, 0.25) is 17.7 Å². The van der Waals surface area contributed by atoms with E-state index in [2.05, 4.69) is 75.5 Å². The van der Waals surface area contributed by atoms with E-state index >= 15 is 0 Å². The van der Waals surface area contributed by atoms with Crippen LogP contribution in [0, 0.1) is 5.92 Å². The van der Waals surface area contributed by atoms with Crippen molar-refractivity contribution >= 4 is 5.91 Å². The minimum atomic E-state index is -0.0288. The molecule has 0 radical (unpaired) electrons. The van der Waals surface area contributed by atoms with E-state index < -0.39 is 0 Å². The molecule has 5 atom stereocenters. The van der Waals surface area contributed by atoms with Crippen LogP contribution in [0.1, 0.15) is 135 Å². The molecule has 10 rings (SSSR count). The fourth-order valence-corrected chi connectivity index (χ4v) is 9.40. The van der Waals surface area contributed by atoms with Gasteiger partial charge in [0.15, 0.2) is 11.6 Å². The van der Waals surface area contributed by atoms with Crippen molar-refractivity contribution in [1.82, 2.24) is 35.8 Å². The zero-order valence-corrected chi connectivity index (χ0v) is 31.3. The second kappa shape index (κ2) is 14.0. The van der Waals surface area contributed by atoms with E-state index in [0.29, 0.717) is 61.3 Å². The lowest BCUT2D eigenvalue weighted by Crippen LogP contribution is -2.37. The average molecular weight is 731 g/mol. The first-order valence-corrected chi connectivity index (χ1v) is 20.7. The highest BCUT2D eigenvalue weighted by Gasteiger charge is 2.52. The van der Waals surface area contributed by atoms with E-state index in [4.69, 9.17) is 24.7 Å². The molecule has 4 N–H and O–H groups in total. The van der Waals surface area contributed by atoms with Crippen LogP contribution in [0.15, 0.2) is 63.6 Å². The number of carbonyl (C=O) groups is 1. The smallest absolute Gasteiger partial charge is 0.230 e. The molecule has 1 amide bonds. The Bertz CT molecular complexity index is 1940. The first-order valence-electron chi connectivity index (χ1n) is 20.7. The molecule has 4 aromatic rings. The number of piperidine rings is 1. The van der Waals surface area contributed by atoms with E-state index in [9.17, 15) is 4.79 Å². The predicted molar refractivity (Wildman–Crippen MR) is 203 cm³/mol. The van der Waals surface area contributed by atoms with Gasteiger partial charge in [-0.05, 0) is 93.2 Å². The van der Waals surface area contributed by atoms with Crippen LogP contribution in [0.4, 0.5) is 0 Å². The Morgan fingerprint density at radius 3 is 2.15 bits per heavy atom. The molecule has 2 aromatic carbocycles. The van der Waals surface area contributed by atoms with Gasteiger partial charge in [0.05, 0.1) is 0 Å². The summed E-state index contributed by atoms with van der Waals surface area (Å²) in [5.41, 5.74) is 10.0. The molecule has 11 heteroatoms. The van der Waals surface area contributed by atoms with Crippen molar-refractivity contribution < 1.29 is 13.8 Å². The van der Waals surface area contributed by atoms with Gasteiger partial charge >= 0.3 is 0 Å². The van der Waals surface area contributed by atoms with Gasteiger partial charge in [-0.1, -0.05) is 64.9 Å². The van der Waals surface area contributed by atoms with Crippen LogP contribution >= 0.6 is 0 Å². The number of benzene rings is 2. The van der Waals surface area contributed by atoms with Crippen LogP contribution < -0.4 is 16.4 Å². The molecule has 3 unspecified atom stereocenters. The SMILES string of the molecule is N[C@H]1CC[C@H](Cc2nc(C3(CN[C@H]4CC4c4cccc(CN5CCC(c6nc(C7(CN[C@H]8CC8c8ccccc8)CC7)no6)CC5=O)c4)CC3)no2)CC1. The minimum absolute atomic E-state index is 0.0142. The summed E-state index contributed by atoms with van der Waals surface area (Å²) in [7, 11) is 0. The van der Waals surface area contributed by atoms with Gasteiger partial charge in [0.25, 0.3) is 0 Å².